The Hall–Kier alpha value is -4.41. The van der Waals surface area contributed by atoms with E-state index in [0.717, 1.165) is 4.57 Å². The number of rotatable bonds is 6. The quantitative estimate of drug-likeness (QED) is 0.456. The summed E-state index contributed by atoms with van der Waals surface area (Å²) in [5.74, 6) is -1.37. The van der Waals surface area contributed by atoms with Crippen molar-refractivity contribution >= 4 is 28.7 Å². The number of carbonyl (C=O) groups is 2. The summed E-state index contributed by atoms with van der Waals surface area (Å²) in [7, 11) is 1.28. The van der Waals surface area contributed by atoms with E-state index >= 15 is 0 Å². The van der Waals surface area contributed by atoms with Crippen LogP contribution in [0.25, 0.3) is 11.2 Å². The lowest BCUT2D eigenvalue weighted by atomic mass is 10.2. The molecule has 0 atom stereocenters. The van der Waals surface area contributed by atoms with Crippen LogP contribution in [-0.4, -0.2) is 43.5 Å². The number of amides is 1. The van der Waals surface area contributed by atoms with Gasteiger partial charge in [-0.15, -0.1) is 5.10 Å². The SMILES string of the molecule is COC(=O)c1ccc(NC(=O)Cn2cnc3c(nnn3Cc3ccccc3F)c2=O)cc1. The lowest BCUT2D eigenvalue weighted by molar-refractivity contribution is -0.116. The highest BCUT2D eigenvalue weighted by atomic mass is 19.1. The van der Waals surface area contributed by atoms with Crippen LogP contribution in [-0.2, 0) is 22.6 Å². The van der Waals surface area contributed by atoms with E-state index in [1.165, 1.54) is 36.3 Å². The number of hydrogen-bond donors (Lipinski definition) is 1. The molecule has 0 fully saturated rings. The van der Waals surface area contributed by atoms with Crippen molar-refractivity contribution in [2.45, 2.75) is 13.1 Å². The van der Waals surface area contributed by atoms with Gasteiger partial charge in [0.15, 0.2) is 11.2 Å². The molecule has 4 rings (SSSR count). The minimum atomic E-state index is -0.550. The number of hydrogen-bond acceptors (Lipinski definition) is 7. The van der Waals surface area contributed by atoms with E-state index < -0.39 is 23.3 Å². The smallest absolute Gasteiger partial charge is 0.337 e. The molecular formula is C21H17FN6O4. The topological polar surface area (TPSA) is 121 Å². The van der Waals surface area contributed by atoms with Crippen LogP contribution in [0.1, 0.15) is 15.9 Å². The molecule has 0 aliphatic rings. The van der Waals surface area contributed by atoms with Gasteiger partial charge in [0.2, 0.25) is 5.91 Å². The molecule has 10 nitrogen and oxygen atoms in total. The largest absolute Gasteiger partial charge is 0.465 e. The maximum Gasteiger partial charge on any atom is 0.337 e. The zero-order valence-corrected chi connectivity index (χ0v) is 16.9. The van der Waals surface area contributed by atoms with Gasteiger partial charge in [-0.3, -0.25) is 14.2 Å². The number of esters is 1. The average molecular weight is 436 g/mol. The molecule has 0 unspecified atom stereocenters. The second-order valence-electron chi connectivity index (χ2n) is 6.81. The minimum Gasteiger partial charge on any atom is -0.465 e. The van der Waals surface area contributed by atoms with Gasteiger partial charge in [0.1, 0.15) is 18.7 Å². The Bertz CT molecular complexity index is 1360. The summed E-state index contributed by atoms with van der Waals surface area (Å²) in [6.45, 7) is -0.248. The molecule has 32 heavy (non-hydrogen) atoms. The summed E-state index contributed by atoms with van der Waals surface area (Å²) in [6, 6.07) is 12.3. The molecule has 162 valence electrons. The van der Waals surface area contributed by atoms with E-state index in [-0.39, 0.29) is 24.3 Å². The number of fused-ring (bicyclic) bond motifs is 1. The van der Waals surface area contributed by atoms with Gasteiger partial charge in [-0.05, 0) is 30.3 Å². The first-order valence-corrected chi connectivity index (χ1v) is 9.46. The fraction of sp³-hybridized carbons (Fsp3) is 0.143. The number of anilines is 1. The molecule has 2 heterocycles. The predicted octanol–water partition coefficient (Wildman–Crippen LogP) is 1.60. The van der Waals surface area contributed by atoms with Crippen molar-refractivity contribution in [1.29, 1.82) is 0 Å². The van der Waals surface area contributed by atoms with Crippen molar-refractivity contribution in [2.24, 2.45) is 0 Å². The maximum absolute atomic E-state index is 13.9. The lowest BCUT2D eigenvalue weighted by Gasteiger charge is -2.08. The molecule has 2 aromatic carbocycles. The van der Waals surface area contributed by atoms with Crippen LogP contribution >= 0.6 is 0 Å². The molecule has 11 heteroatoms. The second-order valence-corrected chi connectivity index (χ2v) is 6.81. The van der Waals surface area contributed by atoms with Crippen LogP contribution in [0.15, 0.2) is 59.7 Å². The van der Waals surface area contributed by atoms with Gasteiger partial charge in [-0.1, -0.05) is 23.4 Å². The molecule has 1 amide bonds. The fourth-order valence-electron chi connectivity index (χ4n) is 3.06. The first-order chi connectivity index (χ1) is 15.5. The first kappa shape index (κ1) is 20.8. The van der Waals surface area contributed by atoms with Crippen LogP contribution in [0.5, 0.6) is 0 Å². The molecule has 0 spiro atoms. The van der Waals surface area contributed by atoms with Crippen LogP contribution < -0.4 is 10.9 Å². The molecule has 0 bridgehead atoms. The number of ether oxygens (including phenoxy) is 1. The third-order valence-electron chi connectivity index (χ3n) is 4.67. The number of aromatic nitrogens is 5. The Morgan fingerprint density at radius 2 is 1.88 bits per heavy atom. The van der Waals surface area contributed by atoms with Gasteiger partial charge in [-0.2, -0.15) is 0 Å². The third-order valence-corrected chi connectivity index (χ3v) is 4.67. The number of carbonyl (C=O) groups excluding carboxylic acids is 2. The van der Waals surface area contributed by atoms with Crippen LogP contribution in [0.2, 0.25) is 0 Å². The molecule has 0 aliphatic carbocycles. The summed E-state index contributed by atoms with van der Waals surface area (Å²) in [5, 5.41) is 10.4. The Balaban J connectivity index is 1.49. The van der Waals surface area contributed by atoms with Gasteiger partial charge in [0.25, 0.3) is 5.56 Å². The van der Waals surface area contributed by atoms with Gasteiger partial charge >= 0.3 is 5.97 Å². The lowest BCUT2D eigenvalue weighted by Crippen LogP contribution is -2.28. The zero-order valence-electron chi connectivity index (χ0n) is 16.9. The van der Waals surface area contributed by atoms with Gasteiger partial charge < -0.3 is 10.1 Å². The maximum atomic E-state index is 13.9. The van der Waals surface area contributed by atoms with Gasteiger partial charge in [0.05, 0.1) is 19.2 Å². The van der Waals surface area contributed by atoms with Crippen molar-refractivity contribution in [3.8, 4) is 0 Å². The van der Waals surface area contributed by atoms with Crippen molar-refractivity contribution in [1.82, 2.24) is 24.5 Å². The van der Waals surface area contributed by atoms with Crippen LogP contribution in [0, 0.1) is 5.82 Å². The molecule has 1 N–H and O–H groups in total. The highest BCUT2D eigenvalue weighted by Gasteiger charge is 2.15. The van der Waals surface area contributed by atoms with Crippen molar-refractivity contribution in [3.63, 3.8) is 0 Å². The number of nitrogens with one attached hydrogen (secondary N) is 1. The zero-order chi connectivity index (χ0) is 22.7. The molecule has 0 saturated carbocycles. The van der Waals surface area contributed by atoms with E-state index in [0.29, 0.717) is 16.8 Å². The first-order valence-electron chi connectivity index (χ1n) is 9.46. The summed E-state index contributed by atoms with van der Waals surface area (Å²) < 4.78 is 21.0. The monoisotopic (exact) mass is 436 g/mol. The van der Waals surface area contributed by atoms with Crippen molar-refractivity contribution in [2.75, 3.05) is 12.4 Å². The third kappa shape index (κ3) is 4.21. The molecule has 2 aromatic heterocycles. The summed E-state index contributed by atoms with van der Waals surface area (Å²) in [4.78, 5) is 40.7. The van der Waals surface area contributed by atoms with E-state index in [9.17, 15) is 18.8 Å². The van der Waals surface area contributed by atoms with E-state index in [1.807, 2.05) is 0 Å². The summed E-state index contributed by atoms with van der Waals surface area (Å²) >= 11 is 0. The van der Waals surface area contributed by atoms with Gasteiger partial charge in [-0.25, -0.2) is 18.9 Å². The number of methoxy groups -OCH3 is 1. The van der Waals surface area contributed by atoms with Gasteiger partial charge in [0, 0.05) is 11.3 Å². The van der Waals surface area contributed by atoms with Crippen LogP contribution in [0.4, 0.5) is 10.1 Å². The van der Waals surface area contributed by atoms with E-state index in [2.05, 4.69) is 25.3 Å². The normalized spacial score (nSPS) is 10.8. The Morgan fingerprint density at radius 1 is 1.12 bits per heavy atom. The molecule has 0 aliphatic heterocycles. The molecule has 4 aromatic rings. The Morgan fingerprint density at radius 3 is 2.59 bits per heavy atom. The Kier molecular flexibility index (Phi) is 5.71. The molecule has 0 saturated heterocycles. The van der Waals surface area contributed by atoms with Crippen molar-refractivity contribution in [3.05, 3.63) is 82.2 Å². The van der Waals surface area contributed by atoms with Crippen LogP contribution in [0.3, 0.4) is 0 Å². The molecular weight excluding hydrogens is 419 g/mol. The fourth-order valence-corrected chi connectivity index (χ4v) is 3.06. The minimum absolute atomic E-state index is 0.0286. The van der Waals surface area contributed by atoms with Crippen molar-refractivity contribution < 1.29 is 18.7 Å². The highest BCUT2D eigenvalue weighted by molar-refractivity contribution is 5.93. The average Bonchev–Trinajstić information content (AvgIpc) is 3.20. The summed E-state index contributed by atoms with van der Waals surface area (Å²) in [5.41, 5.74) is 0.775. The van der Waals surface area contributed by atoms with E-state index in [4.69, 9.17) is 0 Å². The molecule has 0 radical (unpaired) electrons. The summed E-state index contributed by atoms with van der Waals surface area (Å²) in [6.07, 6.45) is 1.21. The second kappa shape index (κ2) is 8.76. The Labute approximate surface area is 180 Å². The number of halogens is 1. The predicted molar refractivity (Wildman–Crippen MR) is 111 cm³/mol. The number of benzene rings is 2. The number of nitrogens with zero attached hydrogens (tertiary/aromatic N) is 5. The standard InChI is InChI=1S/C21H17FN6O4/c1-32-21(31)13-6-8-15(9-7-13)24-17(29)11-27-12-23-19-18(20(27)30)25-26-28(19)10-14-4-2-3-5-16(14)22/h2-9,12H,10-11H2,1H3,(H,24,29). The van der Waals surface area contributed by atoms with E-state index in [1.54, 1.807) is 30.3 Å². The highest BCUT2D eigenvalue weighted by Crippen LogP contribution is 2.12.